The second-order valence-electron chi connectivity index (χ2n) is 6.25. The van der Waals surface area contributed by atoms with Gasteiger partial charge in [0.2, 0.25) is 0 Å². The molecule has 138 valence electrons. The zero-order valence-corrected chi connectivity index (χ0v) is 14.8. The third-order valence-electron chi connectivity index (χ3n) is 3.56. The number of benzene rings is 2. The van der Waals surface area contributed by atoms with Crippen LogP contribution in [-0.2, 0) is 16.2 Å². The molecule has 2 aromatic carbocycles. The molecule has 7 heteroatoms. The summed E-state index contributed by atoms with van der Waals surface area (Å²) in [7, 11) is 0. The van der Waals surface area contributed by atoms with E-state index in [0.29, 0.717) is 13.0 Å². The van der Waals surface area contributed by atoms with Crippen molar-refractivity contribution in [2.45, 2.75) is 32.9 Å². The molecule has 2 rings (SSSR count). The Kier molecular flexibility index (Phi) is 7.25. The Balaban J connectivity index is 1.93. The summed E-state index contributed by atoms with van der Waals surface area (Å²) in [5, 5.41) is 10.7. The number of non-ortho nitro benzene ring substituents is 1. The van der Waals surface area contributed by atoms with Gasteiger partial charge < -0.3 is 4.74 Å². The minimum absolute atomic E-state index is 0.0622. The average Bonchev–Trinajstić information content (AvgIpc) is 2.62. The van der Waals surface area contributed by atoms with Crippen LogP contribution in [0.1, 0.15) is 25.8 Å². The van der Waals surface area contributed by atoms with E-state index in [-0.39, 0.29) is 17.4 Å². The first-order valence-electron chi connectivity index (χ1n) is 8.33. The van der Waals surface area contributed by atoms with E-state index in [2.05, 4.69) is 5.48 Å². The molecular weight excluding hydrogens is 336 g/mol. The first-order valence-corrected chi connectivity index (χ1v) is 8.33. The summed E-state index contributed by atoms with van der Waals surface area (Å²) in [5.41, 5.74) is 3.68. The standard InChI is InChI=1S/C19H22N2O5/c1-14(2)12-18(20-25-13-15-6-4-3-5-7-15)19(22)26-17-10-8-16(9-11-17)21(23)24/h3-11,14,18,20H,12-13H2,1-2H3/t18-/m0/s1. The number of rotatable bonds is 9. The van der Waals surface area contributed by atoms with Gasteiger partial charge in [0.1, 0.15) is 11.8 Å². The van der Waals surface area contributed by atoms with Crippen LogP contribution in [0.4, 0.5) is 5.69 Å². The molecule has 0 aliphatic rings. The molecule has 7 nitrogen and oxygen atoms in total. The average molecular weight is 358 g/mol. The fourth-order valence-electron chi connectivity index (χ4n) is 2.29. The number of esters is 1. The number of nitro groups is 1. The zero-order chi connectivity index (χ0) is 18.9. The summed E-state index contributed by atoms with van der Waals surface area (Å²) in [6, 6.07) is 14.3. The second kappa shape index (κ2) is 9.65. The highest BCUT2D eigenvalue weighted by atomic mass is 16.7. The first-order chi connectivity index (χ1) is 12.5. The highest BCUT2D eigenvalue weighted by molar-refractivity contribution is 5.78. The van der Waals surface area contributed by atoms with Gasteiger partial charge in [-0.15, -0.1) is 0 Å². The number of ether oxygens (including phenoxy) is 1. The van der Waals surface area contributed by atoms with Crippen molar-refractivity contribution in [3.05, 3.63) is 70.3 Å². The highest BCUT2D eigenvalue weighted by Crippen LogP contribution is 2.18. The molecule has 0 saturated carbocycles. The van der Waals surface area contributed by atoms with Crippen molar-refractivity contribution in [2.75, 3.05) is 0 Å². The van der Waals surface area contributed by atoms with Gasteiger partial charge in [-0.1, -0.05) is 44.2 Å². The van der Waals surface area contributed by atoms with Crippen molar-refractivity contribution in [3.63, 3.8) is 0 Å². The summed E-state index contributed by atoms with van der Waals surface area (Å²) >= 11 is 0. The molecule has 1 N–H and O–H groups in total. The summed E-state index contributed by atoms with van der Waals surface area (Å²) in [6.07, 6.45) is 0.528. The lowest BCUT2D eigenvalue weighted by Gasteiger charge is -2.19. The minimum Gasteiger partial charge on any atom is -0.425 e. The predicted molar refractivity (Wildman–Crippen MR) is 96.3 cm³/mol. The van der Waals surface area contributed by atoms with Crippen molar-refractivity contribution >= 4 is 11.7 Å². The molecule has 2 aromatic rings. The van der Waals surface area contributed by atoms with Crippen molar-refractivity contribution in [2.24, 2.45) is 5.92 Å². The van der Waals surface area contributed by atoms with Crippen LogP contribution >= 0.6 is 0 Å². The van der Waals surface area contributed by atoms with E-state index in [4.69, 9.17) is 9.57 Å². The number of carbonyl (C=O) groups excluding carboxylic acids is 1. The van der Waals surface area contributed by atoms with Gasteiger partial charge in [0, 0.05) is 12.1 Å². The number of hydroxylamine groups is 1. The number of hydrogen-bond donors (Lipinski definition) is 1. The van der Waals surface area contributed by atoms with Crippen LogP contribution in [-0.4, -0.2) is 16.9 Å². The van der Waals surface area contributed by atoms with Crippen LogP contribution in [0.25, 0.3) is 0 Å². The first kappa shape index (κ1) is 19.6. The smallest absolute Gasteiger partial charge is 0.330 e. The van der Waals surface area contributed by atoms with Gasteiger partial charge in [-0.05, 0) is 30.0 Å². The number of nitro benzene ring substituents is 1. The molecule has 0 aliphatic carbocycles. The molecule has 0 bridgehead atoms. The van der Waals surface area contributed by atoms with Gasteiger partial charge in [0.05, 0.1) is 11.5 Å². The Labute approximate surface area is 152 Å². The van der Waals surface area contributed by atoms with E-state index in [1.165, 1.54) is 24.3 Å². The van der Waals surface area contributed by atoms with Crippen molar-refractivity contribution in [1.29, 1.82) is 0 Å². The van der Waals surface area contributed by atoms with Crippen molar-refractivity contribution < 1.29 is 19.3 Å². The molecule has 0 heterocycles. The summed E-state index contributed by atoms with van der Waals surface area (Å²) < 4.78 is 5.31. The number of nitrogens with zero attached hydrogens (tertiary/aromatic N) is 1. The normalized spacial score (nSPS) is 12.0. The van der Waals surface area contributed by atoms with Gasteiger partial charge in [0.15, 0.2) is 0 Å². The molecule has 0 radical (unpaired) electrons. The monoisotopic (exact) mass is 358 g/mol. The van der Waals surface area contributed by atoms with Gasteiger partial charge in [0.25, 0.3) is 5.69 Å². The third-order valence-corrected chi connectivity index (χ3v) is 3.56. The van der Waals surface area contributed by atoms with Crippen LogP contribution in [0.3, 0.4) is 0 Å². The third kappa shape index (κ3) is 6.27. The lowest BCUT2D eigenvalue weighted by atomic mass is 10.0. The van der Waals surface area contributed by atoms with Gasteiger partial charge >= 0.3 is 5.97 Å². The molecule has 26 heavy (non-hydrogen) atoms. The van der Waals surface area contributed by atoms with Crippen LogP contribution in [0.2, 0.25) is 0 Å². The summed E-state index contributed by atoms with van der Waals surface area (Å²) in [5.74, 6) is -0.00272. The molecule has 0 unspecified atom stereocenters. The van der Waals surface area contributed by atoms with E-state index in [9.17, 15) is 14.9 Å². The predicted octanol–water partition coefficient (Wildman–Crippen LogP) is 3.64. The van der Waals surface area contributed by atoms with E-state index >= 15 is 0 Å². The maximum absolute atomic E-state index is 12.4. The van der Waals surface area contributed by atoms with Gasteiger partial charge in [-0.25, -0.2) is 4.79 Å². The Morgan fingerprint density at radius 1 is 1.12 bits per heavy atom. The Morgan fingerprint density at radius 3 is 2.35 bits per heavy atom. The Bertz CT molecular complexity index is 716. The summed E-state index contributed by atoms with van der Waals surface area (Å²) in [4.78, 5) is 28.0. The lowest BCUT2D eigenvalue weighted by molar-refractivity contribution is -0.384. The quantitative estimate of drug-likeness (QED) is 0.318. The number of hydrogen-bond acceptors (Lipinski definition) is 6. The topological polar surface area (TPSA) is 90.7 Å². The zero-order valence-electron chi connectivity index (χ0n) is 14.8. The van der Waals surface area contributed by atoms with Gasteiger partial charge in [-0.3, -0.25) is 15.0 Å². The van der Waals surface area contributed by atoms with Crippen LogP contribution in [0, 0.1) is 16.0 Å². The Hall–Kier alpha value is -2.77. The fraction of sp³-hybridized carbons (Fsp3) is 0.316. The molecule has 0 spiro atoms. The van der Waals surface area contributed by atoms with Gasteiger partial charge in [-0.2, -0.15) is 5.48 Å². The van der Waals surface area contributed by atoms with Crippen LogP contribution in [0.5, 0.6) is 5.75 Å². The number of nitrogens with one attached hydrogen (secondary N) is 1. The molecule has 0 aromatic heterocycles. The van der Waals surface area contributed by atoms with Crippen LogP contribution < -0.4 is 10.2 Å². The van der Waals surface area contributed by atoms with Crippen LogP contribution in [0.15, 0.2) is 54.6 Å². The van der Waals surface area contributed by atoms with Crippen molar-refractivity contribution in [3.8, 4) is 5.75 Å². The fourth-order valence-corrected chi connectivity index (χ4v) is 2.29. The maximum atomic E-state index is 12.4. The molecule has 0 amide bonds. The molecule has 1 atom stereocenters. The minimum atomic E-state index is -0.645. The number of carbonyl (C=O) groups is 1. The van der Waals surface area contributed by atoms with Crippen molar-refractivity contribution in [1.82, 2.24) is 5.48 Å². The molecule has 0 aliphatic heterocycles. The molecule has 0 fully saturated rings. The Morgan fingerprint density at radius 2 is 1.77 bits per heavy atom. The van der Waals surface area contributed by atoms with E-state index in [1.54, 1.807) is 0 Å². The lowest BCUT2D eigenvalue weighted by Crippen LogP contribution is -2.40. The van der Waals surface area contributed by atoms with E-state index < -0.39 is 16.9 Å². The highest BCUT2D eigenvalue weighted by Gasteiger charge is 2.22. The molecule has 0 saturated heterocycles. The SMILES string of the molecule is CC(C)C[C@H](NOCc1ccccc1)C(=O)Oc1ccc([N+](=O)[O-])cc1. The summed E-state index contributed by atoms with van der Waals surface area (Å²) in [6.45, 7) is 4.30. The molecular formula is C19H22N2O5. The second-order valence-corrected chi connectivity index (χ2v) is 6.25. The largest absolute Gasteiger partial charge is 0.425 e. The maximum Gasteiger partial charge on any atom is 0.330 e. The van der Waals surface area contributed by atoms with E-state index in [0.717, 1.165) is 5.56 Å². The van der Waals surface area contributed by atoms with E-state index in [1.807, 2.05) is 44.2 Å².